The van der Waals surface area contributed by atoms with E-state index >= 15 is 0 Å². The predicted octanol–water partition coefficient (Wildman–Crippen LogP) is 6.85. The number of rotatable bonds is 17. The summed E-state index contributed by atoms with van der Waals surface area (Å²) in [4.78, 5) is 0. The summed E-state index contributed by atoms with van der Waals surface area (Å²) in [5, 5.41) is 0. The molecule has 0 unspecified atom stereocenters. The van der Waals surface area contributed by atoms with Gasteiger partial charge in [0.15, 0.2) is 0 Å². The Morgan fingerprint density at radius 3 is 1.23 bits per heavy atom. The number of hydrogen-bond donors (Lipinski definition) is 0. The van der Waals surface area contributed by atoms with Crippen molar-refractivity contribution >= 4 is 25.9 Å². The average molecular weight is 354 g/mol. The van der Waals surface area contributed by atoms with Crippen LogP contribution in [-0.2, 0) is 0 Å². The zero-order valence-corrected chi connectivity index (χ0v) is 18.8. The van der Waals surface area contributed by atoms with Gasteiger partial charge >= 0.3 is 0 Å². The van der Waals surface area contributed by atoms with Crippen LogP contribution < -0.4 is 0 Å². The van der Waals surface area contributed by atoms with Gasteiger partial charge in [-0.1, -0.05) is 122 Å². The van der Waals surface area contributed by atoms with Gasteiger partial charge < -0.3 is 0 Å². The first-order valence-corrected chi connectivity index (χ1v) is 16.5. The van der Waals surface area contributed by atoms with E-state index in [4.69, 9.17) is 0 Å². The molecule has 0 aliphatic carbocycles. The molecule has 0 aromatic carbocycles. The van der Waals surface area contributed by atoms with Gasteiger partial charge in [0.05, 0.1) is 0 Å². The molecule has 0 aromatic rings. The van der Waals surface area contributed by atoms with Crippen molar-refractivity contribution in [2.45, 2.75) is 122 Å². The van der Waals surface area contributed by atoms with E-state index in [0.717, 1.165) is 8.55 Å². The van der Waals surface area contributed by atoms with Gasteiger partial charge in [-0.2, -0.15) is 0 Å². The van der Waals surface area contributed by atoms with Crippen LogP contribution in [0.4, 0.5) is 0 Å². The van der Waals surface area contributed by atoms with Crippen molar-refractivity contribution in [2.75, 3.05) is 0 Å². The highest BCUT2D eigenvalue weighted by Gasteiger charge is 2.23. The van der Waals surface area contributed by atoms with Crippen LogP contribution >= 0.6 is 0 Å². The maximum absolute atomic E-state index is 3.92. The first-order chi connectivity index (χ1) is 10.7. The molecule has 0 fully saturated rings. The number of hydrogen-bond acceptors (Lipinski definition) is 0. The Bertz CT molecular complexity index is 201. The van der Waals surface area contributed by atoms with Crippen LogP contribution in [0.2, 0.25) is 18.6 Å². The van der Waals surface area contributed by atoms with Crippen LogP contribution in [0, 0.1) is 0 Å². The molecule has 0 saturated heterocycles. The highest BCUT2D eigenvalue weighted by Crippen LogP contribution is 2.22. The van der Waals surface area contributed by atoms with Gasteiger partial charge in [0.2, 0.25) is 0 Å². The highest BCUT2D eigenvalue weighted by atomic mass is 29.5. The van der Waals surface area contributed by atoms with E-state index in [1.54, 1.807) is 12.1 Å². The van der Waals surface area contributed by atoms with Gasteiger partial charge in [0.1, 0.15) is 0 Å². The summed E-state index contributed by atoms with van der Waals surface area (Å²) >= 11 is 0. The van der Waals surface area contributed by atoms with Crippen molar-refractivity contribution < 1.29 is 0 Å². The molecule has 0 aromatic heterocycles. The van der Waals surface area contributed by atoms with Crippen LogP contribution in [0.25, 0.3) is 0 Å². The number of unbranched alkanes of at least 4 members (excludes halogenated alkanes) is 12. The topological polar surface area (TPSA) is 0 Å². The van der Waals surface area contributed by atoms with Crippen molar-refractivity contribution in [3.63, 3.8) is 0 Å². The molecule has 5 radical (unpaired) electrons. The third-order valence-corrected chi connectivity index (χ3v) is 17.2. The van der Waals surface area contributed by atoms with Crippen molar-refractivity contribution in [1.29, 1.82) is 0 Å². The van der Waals surface area contributed by atoms with E-state index in [9.17, 15) is 0 Å². The molecule has 22 heavy (non-hydrogen) atoms. The Hall–Kier alpha value is 0.651. The first kappa shape index (κ1) is 22.7. The van der Waals surface area contributed by atoms with Crippen LogP contribution in [-0.4, -0.2) is 25.9 Å². The molecule has 0 aliphatic rings. The summed E-state index contributed by atoms with van der Waals surface area (Å²) in [7, 11) is 4.06. The van der Waals surface area contributed by atoms with Crippen molar-refractivity contribution in [3.8, 4) is 0 Å². The Kier molecular flexibility index (Phi) is 17.0. The lowest BCUT2D eigenvalue weighted by Gasteiger charge is -2.25. The smallest absolute Gasteiger partial charge is 0.0350 e. The average Bonchev–Trinajstić information content (AvgIpc) is 2.53. The maximum atomic E-state index is 3.92. The molecule has 0 N–H and O–H groups in total. The lowest BCUT2D eigenvalue weighted by atomic mass is 10.1. The minimum atomic E-state index is -0.933. The quantitative estimate of drug-likeness (QED) is 0.198. The molecule has 0 atom stereocenters. The van der Waals surface area contributed by atoms with Crippen LogP contribution in [0.3, 0.4) is 0 Å². The third-order valence-electron chi connectivity index (χ3n) is 4.97. The van der Waals surface area contributed by atoms with Crippen LogP contribution in [0.5, 0.6) is 0 Å². The second-order valence-electron chi connectivity index (χ2n) is 7.43. The van der Waals surface area contributed by atoms with Crippen LogP contribution in [0.15, 0.2) is 0 Å². The second-order valence-corrected chi connectivity index (χ2v) is 18.4. The fraction of sp³-hybridized carbons (Fsp3) is 1.00. The summed E-state index contributed by atoms with van der Waals surface area (Å²) < 4.78 is 0. The molecule has 0 aliphatic heterocycles. The predicted molar refractivity (Wildman–Crippen MR) is 109 cm³/mol. The Balaban J connectivity index is 3.54. The van der Waals surface area contributed by atoms with Crippen LogP contribution in [0.1, 0.15) is 104 Å². The van der Waals surface area contributed by atoms with Gasteiger partial charge in [0.25, 0.3) is 0 Å². The minimum Gasteiger partial charge on any atom is -0.0717 e. The van der Waals surface area contributed by atoms with Gasteiger partial charge in [-0.15, -0.1) is 0 Å². The van der Waals surface area contributed by atoms with E-state index in [-0.39, 0.29) is 0 Å². The largest absolute Gasteiger partial charge is 0.0717 e. The molecular formula is C19H41Si3. The third kappa shape index (κ3) is 14.3. The van der Waals surface area contributed by atoms with Gasteiger partial charge in [-0.25, -0.2) is 0 Å². The Morgan fingerprint density at radius 1 is 0.591 bits per heavy atom. The molecule has 0 amide bonds. The van der Waals surface area contributed by atoms with Crippen molar-refractivity contribution in [3.05, 3.63) is 0 Å². The molecule has 0 spiro atoms. The molecule has 0 nitrogen and oxygen atoms in total. The van der Waals surface area contributed by atoms with Crippen molar-refractivity contribution in [1.82, 2.24) is 0 Å². The molecule has 0 bridgehead atoms. The molecule has 0 saturated carbocycles. The zero-order chi connectivity index (χ0) is 16.5. The van der Waals surface area contributed by atoms with Gasteiger partial charge in [0, 0.05) is 25.9 Å². The SMILES string of the molecule is CCCCCCCCC[Si](C)(CCCCCCCCC)[Si][Si]. The van der Waals surface area contributed by atoms with E-state index in [2.05, 4.69) is 30.2 Å². The monoisotopic (exact) mass is 353 g/mol. The van der Waals surface area contributed by atoms with Gasteiger partial charge in [-0.05, 0) is 0 Å². The lowest BCUT2D eigenvalue weighted by Crippen LogP contribution is -2.38. The first-order valence-electron chi connectivity index (χ1n) is 10.1. The van der Waals surface area contributed by atoms with Gasteiger partial charge in [-0.3, -0.25) is 0 Å². The molecule has 0 heterocycles. The summed E-state index contributed by atoms with van der Waals surface area (Å²) in [6.07, 6.45) is 20.4. The van der Waals surface area contributed by atoms with E-state index < -0.39 is 7.59 Å². The fourth-order valence-corrected chi connectivity index (χ4v) is 9.82. The Morgan fingerprint density at radius 2 is 0.909 bits per heavy atom. The summed E-state index contributed by atoms with van der Waals surface area (Å²) in [6, 6.07) is 3.14. The van der Waals surface area contributed by atoms with Crippen molar-refractivity contribution in [2.24, 2.45) is 0 Å². The zero-order valence-electron chi connectivity index (χ0n) is 15.8. The lowest BCUT2D eigenvalue weighted by molar-refractivity contribution is 0.596. The molecule has 3 heteroatoms. The molecule has 0 rings (SSSR count). The summed E-state index contributed by atoms with van der Waals surface area (Å²) in [5.41, 5.74) is 0. The summed E-state index contributed by atoms with van der Waals surface area (Å²) in [5.74, 6) is 0. The van der Waals surface area contributed by atoms with E-state index in [1.165, 1.54) is 89.9 Å². The molecular weight excluding hydrogens is 312 g/mol. The standard InChI is InChI=1S/C19H41Si3/c1-4-6-8-10-12-14-16-18-22(3,21-20)19-17-15-13-11-9-7-5-2/h4-19H2,1-3H3. The summed E-state index contributed by atoms with van der Waals surface area (Å²) in [6.45, 7) is 7.25. The highest BCUT2D eigenvalue weighted by molar-refractivity contribution is 7.39. The Labute approximate surface area is 148 Å². The second kappa shape index (κ2) is 16.5. The fourth-order valence-electron chi connectivity index (χ4n) is 3.19. The molecule has 129 valence electrons. The van der Waals surface area contributed by atoms with E-state index in [1.807, 2.05) is 0 Å². The maximum Gasteiger partial charge on any atom is 0.0350 e. The normalized spacial score (nSPS) is 12.0. The minimum absolute atomic E-state index is 0.933. The van der Waals surface area contributed by atoms with E-state index in [0.29, 0.717) is 0 Å².